The molecule has 1 fully saturated rings. The predicted octanol–water partition coefficient (Wildman–Crippen LogP) is 2.16. The Morgan fingerprint density at radius 1 is 1.08 bits per heavy atom. The second-order valence-electron chi connectivity index (χ2n) is 5.01. The number of para-hydroxylation sites is 2. The molecule has 1 heterocycles. The molecule has 0 unspecified atom stereocenters. The van der Waals surface area contributed by atoms with E-state index in [0.717, 1.165) is 0 Å². The monoisotopic (exact) mass is 318 g/mol. The summed E-state index contributed by atoms with van der Waals surface area (Å²) in [5.41, 5.74) is 3.80. The fourth-order valence-electron chi connectivity index (χ4n) is 2.32. The highest BCUT2D eigenvalue weighted by Gasteiger charge is 2.34. The van der Waals surface area contributed by atoms with Gasteiger partial charge < -0.3 is 4.74 Å². The number of anilines is 1. The molecule has 3 rings (SSSR count). The number of hydrogen-bond donors (Lipinski definition) is 1. The Labute approximate surface area is 139 Å². The maximum absolute atomic E-state index is 12.5. The molecule has 0 spiro atoms. The summed E-state index contributed by atoms with van der Waals surface area (Å²) in [6.07, 6.45) is 6.71. The molecule has 118 valence electrons. The van der Waals surface area contributed by atoms with Gasteiger partial charge in [-0.1, -0.05) is 42.3 Å². The van der Waals surface area contributed by atoms with Gasteiger partial charge in [0.1, 0.15) is 17.9 Å². The van der Waals surface area contributed by atoms with E-state index < -0.39 is 11.8 Å². The number of nitrogens with one attached hydrogen (secondary N) is 1. The fraction of sp³-hybridized carbons (Fsp3) is 0.0526. The highest BCUT2D eigenvalue weighted by atomic mass is 16.5. The van der Waals surface area contributed by atoms with E-state index in [1.54, 1.807) is 48.5 Å². The molecule has 0 aliphatic carbocycles. The predicted molar refractivity (Wildman–Crippen MR) is 90.8 cm³/mol. The van der Waals surface area contributed by atoms with Crippen LogP contribution in [0.2, 0.25) is 0 Å². The van der Waals surface area contributed by atoms with Crippen molar-refractivity contribution in [3.63, 3.8) is 0 Å². The van der Waals surface area contributed by atoms with Gasteiger partial charge in [0.25, 0.3) is 11.8 Å². The van der Waals surface area contributed by atoms with E-state index in [9.17, 15) is 9.59 Å². The lowest BCUT2D eigenvalue weighted by Crippen LogP contribution is -2.35. The van der Waals surface area contributed by atoms with Gasteiger partial charge in [-0.2, -0.15) is 0 Å². The average molecular weight is 318 g/mol. The van der Waals surface area contributed by atoms with Crippen molar-refractivity contribution < 1.29 is 14.3 Å². The van der Waals surface area contributed by atoms with Gasteiger partial charge >= 0.3 is 0 Å². The molecule has 0 atom stereocenters. The first-order chi connectivity index (χ1) is 11.7. The van der Waals surface area contributed by atoms with Gasteiger partial charge in [-0.3, -0.25) is 15.0 Å². The maximum atomic E-state index is 12.5. The first kappa shape index (κ1) is 15.4. The van der Waals surface area contributed by atoms with E-state index >= 15 is 0 Å². The van der Waals surface area contributed by atoms with Gasteiger partial charge in [0.05, 0.1) is 5.69 Å². The van der Waals surface area contributed by atoms with Crippen molar-refractivity contribution in [3.05, 3.63) is 65.7 Å². The molecule has 0 radical (unpaired) electrons. The zero-order valence-corrected chi connectivity index (χ0v) is 12.7. The van der Waals surface area contributed by atoms with Gasteiger partial charge in [0.15, 0.2) is 0 Å². The lowest BCUT2D eigenvalue weighted by molar-refractivity contribution is -0.117. The number of amides is 2. The second-order valence-corrected chi connectivity index (χ2v) is 5.01. The van der Waals surface area contributed by atoms with E-state index in [1.807, 2.05) is 6.07 Å². The van der Waals surface area contributed by atoms with Crippen molar-refractivity contribution >= 4 is 23.6 Å². The number of carbonyl (C=O) groups is 2. The minimum Gasteiger partial charge on any atom is -0.480 e. The first-order valence-corrected chi connectivity index (χ1v) is 7.28. The van der Waals surface area contributed by atoms with Gasteiger partial charge in [-0.05, 0) is 24.3 Å². The highest BCUT2D eigenvalue weighted by molar-refractivity contribution is 6.31. The molecular weight excluding hydrogens is 304 g/mol. The summed E-state index contributed by atoms with van der Waals surface area (Å²) in [6.45, 7) is 0.108. The molecule has 0 saturated carbocycles. The Morgan fingerprint density at radius 3 is 2.54 bits per heavy atom. The second kappa shape index (κ2) is 6.71. The number of hydrazine groups is 1. The molecule has 1 aliphatic rings. The summed E-state index contributed by atoms with van der Waals surface area (Å²) in [6, 6.07) is 16.0. The number of hydrogen-bond acceptors (Lipinski definition) is 3. The third-order valence-electron chi connectivity index (χ3n) is 3.44. The normalized spacial score (nSPS) is 15.3. The van der Waals surface area contributed by atoms with Crippen LogP contribution in [0.1, 0.15) is 5.56 Å². The zero-order valence-electron chi connectivity index (χ0n) is 12.7. The first-order valence-electron chi connectivity index (χ1n) is 7.28. The number of rotatable bonds is 4. The Kier molecular flexibility index (Phi) is 4.30. The smallest absolute Gasteiger partial charge is 0.282 e. The van der Waals surface area contributed by atoms with Crippen LogP contribution in [0.25, 0.3) is 6.08 Å². The van der Waals surface area contributed by atoms with Crippen molar-refractivity contribution in [2.24, 2.45) is 0 Å². The quantitative estimate of drug-likeness (QED) is 0.534. The summed E-state index contributed by atoms with van der Waals surface area (Å²) in [4.78, 5) is 24.7. The van der Waals surface area contributed by atoms with E-state index in [1.165, 1.54) is 11.1 Å². The molecule has 2 aromatic rings. The molecule has 5 nitrogen and oxygen atoms in total. The Balaban J connectivity index is 1.93. The third kappa shape index (κ3) is 2.99. The molecule has 5 heteroatoms. The van der Waals surface area contributed by atoms with E-state index in [-0.39, 0.29) is 12.2 Å². The summed E-state index contributed by atoms with van der Waals surface area (Å²) in [7, 11) is 0. The summed E-state index contributed by atoms with van der Waals surface area (Å²) < 4.78 is 5.44. The van der Waals surface area contributed by atoms with Gasteiger partial charge in [-0.15, -0.1) is 6.42 Å². The highest BCUT2D eigenvalue weighted by Crippen LogP contribution is 2.25. The molecule has 1 aliphatic heterocycles. The van der Waals surface area contributed by atoms with Crippen molar-refractivity contribution in [1.29, 1.82) is 0 Å². The Hall–Kier alpha value is -3.52. The van der Waals surface area contributed by atoms with Crippen LogP contribution in [0, 0.1) is 12.3 Å². The zero-order chi connectivity index (χ0) is 16.9. The fourth-order valence-corrected chi connectivity index (χ4v) is 2.32. The molecule has 0 aromatic heterocycles. The van der Waals surface area contributed by atoms with Crippen LogP contribution in [0.5, 0.6) is 5.75 Å². The number of ether oxygens (including phenoxy) is 1. The standard InChI is InChI=1S/C19H14N2O3/c1-2-12-24-17-11-7-6-8-14(17)13-16-18(22)20-21(19(16)23)15-9-4-3-5-10-15/h1,3-11,13H,12H2,(H,20,22)/b16-13-. The molecule has 1 saturated heterocycles. The van der Waals surface area contributed by atoms with Gasteiger partial charge in [-0.25, -0.2) is 5.01 Å². The number of carbonyl (C=O) groups excluding carboxylic acids is 2. The van der Waals surface area contributed by atoms with Crippen molar-refractivity contribution in [2.75, 3.05) is 11.6 Å². The van der Waals surface area contributed by atoms with E-state index in [0.29, 0.717) is 17.0 Å². The summed E-state index contributed by atoms with van der Waals surface area (Å²) in [5.74, 6) is 2.02. The lowest BCUT2D eigenvalue weighted by Gasteiger charge is -2.13. The average Bonchev–Trinajstić information content (AvgIpc) is 2.90. The largest absolute Gasteiger partial charge is 0.480 e. The minimum absolute atomic E-state index is 0.0376. The van der Waals surface area contributed by atoms with Crippen LogP contribution in [-0.2, 0) is 9.59 Å². The summed E-state index contributed by atoms with van der Waals surface area (Å²) in [5, 5.41) is 1.22. The summed E-state index contributed by atoms with van der Waals surface area (Å²) >= 11 is 0. The van der Waals surface area contributed by atoms with Crippen molar-refractivity contribution in [2.45, 2.75) is 0 Å². The third-order valence-corrected chi connectivity index (χ3v) is 3.44. The van der Waals surface area contributed by atoms with Gasteiger partial charge in [0.2, 0.25) is 0 Å². The topological polar surface area (TPSA) is 58.6 Å². The van der Waals surface area contributed by atoms with Crippen LogP contribution in [0.4, 0.5) is 5.69 Å². The molecule has 24 heavy (non-hydrogen) atoms. The molecule has 2 amide bonds. The molecule has 0 bridgehead atoms. The minimum atomic E-state index is -0.462. The van der Waals surface area contributed by atoms with E-state index in [2.05, 4.69) is 11.3 Å². The Bertz CT molecular complexity index is 850. The van der Waals surface area contributed by atoms with Crippen LogP contribution in [0.15, 0.2) is 60.2 Å². The molecular formula is C19H14N2O3. The van der Waals surface area contributed by atoms with Crippen LogP contribution < -0.4 is 15.2 Å². The number of terminal acetylenes is 1. The Morgan fingerprint density at radius 2 is 1.79 bits per heavy atom. The van der Waals surface area contributed by atoms with Crippen molar-refractivity contribution in [1.82, 2.24) is 5.43 Å². The molecule has 2 aromatic carbocycles. The SMILES string of the molecule is C#CCOc1ccccc1/C=C1/C(=O)NN(c2ccccc2)C1=O. The van der Waals surface area contributed by atoms with Crippen LogP contribution >= 0.6 is 0 Å². The van der Waals surface area contributed by atoms with Crippen LogP contribution in [0.3, 0.4) is 0 Å². The number of benzene rings is 2. The van der Waals surface area contributed by atoms with Gasteiger partial charge in [0, 0.05) is 5.56 Å². The van der Waals surface area contributed by atoms with E-state index in [4.69, 9.17) is 11.2 Å². The number of nitrogens with zero attached hydrogens (tertiary/aromatic N) is 1. The lowest BCUT2D eigenvalue weighted by atomic mass is 10.1. The molecule has 1 N–H and O–H groups in total. The van der Waals surface area contributed by atoms with Crippen LogP contribution in [-0.4, -0.2) is 18.4 Å². The maximum Gasteiger partial charge on any atom is 0.282 e. The van der Waals surface area contributed by atoms with Crippen molar-refractivity contribution in [3.8, 4) is 18.1 Å².